The molecule has 0 aliphatic carbocycles. The molecule has 3 heterocycles. The molecule has 0 spiro atoms. The maximum atomic E-state index is 14.5. The molecular weight excluding hydrogens is 470 g/mol. The number of ether oxygens (including phenoxy) is 1. The summed E-state index contributed by atoms with van der Waals surface area (Å²) in [5, 5.41) is 22.9. The summed E-state index contributed by atoms with van der Waals surface area (Å²) >= 11 is 5.85. The third-order valence-corrected chi connectivity index (χ3v) is 5.83. The molecule has 1 aliphatic heterocycles. The highest BCUT2D eigenvalue weighted by atomic mass is 35.5. The number of nitrogens with zero attached hydrogens (tertiary/aromatic N) is 2. The van der Waals surface area contributed by atoms with Crippen LogP contribution >= 0.6 is 11.6 Å². The lowest BCUT2D eigenvalue weighted by atomic mass is 9.94. The maximum Gasteiger partial charge on any atom is 0.276 e. The molecule has 0 radical (unpaired) electrons. The van der Waals surface area contributed by atoms with Crippen LogP contribution in [0.4, 0.5) is 20.2 Å². The number of pyridine rings is 2. The number of aliphatic hydroxyl groups excluding tert-OH is 2. The van der Waals surface area contributed by atoms with Crippen molar-refractivity contribution in [2.75, 3.05) is 16.9 Å². The monoisotopic (exact) mass is 490 g/mol. The molecule has 4 atom stereocenters. The number of amides is 1. The molecule has 34 heavy (non-hydrogen) atoms. The number of halogens is 3. The standard InChI is InChI=1S/C23H21ClF2N4O4/c24-9-19-22(32)17(31)8-18(34-19)12-5-6-28-10-16(12)29-23(33)21-15(27)7-14(26)20(30-21)11-3-1-2-4-13(11)25/h1-7,10,17-19,22,31-32H,8-9,27H2,(H,29,33)/t17-,18-,19-,22+/m1/s1. The summed E-state index contributed by atoms with van der Waals surface area (Å²) in [4.78, 5) is 21.0. The van der Waals surface area contributed by atoms with Crippen molar-refractivity contribution in [2.45, 2.75) is 30.8 Å². The molecule has 3 aromatic rings. The highest BCUT2D eigenvalue weighted by Crippen LogP contribution is 2.36. The Labute approximate surface area is 198 Å². The second-order valence-electron chi connectivity index (χ2n) is 7.76. The number of nitrogens with two attached hydrogens (primary N) is 1. The summed E-state index contributed by atoms with van der Waals surface area (Å²) in [6.45, 7) is 0. The normalized spacial score (nSPS) is 22.4. The van der Waals surface area contributed by atoms with Gasteiger partial charge in [0.2, 0.25) is 0 Å². The first-order chi connectivity index (χ1) is 16.3. The summed E-state index contributed by atoms with van der Waals surface area (Å²) in [6.07, 6.45) is -0.859. The van der Waals surface area contributed by atoms with Crippen molar-refractivity contribution in [1.82, 2.24) is 9.97 Å². The minimum absolute atomic E-state index is 0.0453. The third-order valence-electron chi connectivity index (χ3n) is 5.52. The number of nitrogens with one attached hydrogen (secondary N) is 1. The number of hydrogen-bond acceptors (Lipinski definition) is 7. The molecule has 1 aromatic carbocycles. The number of nitrogen functional groups attached to an aromatic ring is 1. The average molecular weight is 491 g/mol. The van der Waals surface area contributed by atoms with Crippen LogP contribution in [-0.4, -0.2) is 50.3 Å². The number of rotatable bonds is 5. The van der Waals surface area contributed by atoms with Gasteiger partial charge in [0.25, 0.3) is 5.91 Å². The van der Waals surface area contributed by atoms with Crippen LogP contribution in [0.3, 0.4) is 0 Å². The van der Waals surface area contributed by atoms with E-state index in [4.69, 9.17) is 22.1 Å². The summed E-state index contributed by atoms with van der Waals surface area (Å²) in [5.41, 5.74) is 5.51. The Balaban J connectivity index is 1.65. The van der Waals surface area contributed by atoms with Crippen molar-refractivity contribution in [1.29, 1.82) is 0 Å². The van der Waals surface area contributed by atoms with Crippen LogP contribution in [0.1, 0.15) is 28.6 Å². The number of aliphatic hydroxyl groups is 2. The predicted molar refractivity (Wildman–Crippen MR) is 121 cm³/mol. The van der Waals surface area contributed by atoms with E-state index in [9.17, 15) is 23.8 Å². The van der Waals surface area contributed by atoms with Gasteiger partial charge in [0.05, 0.1) is 35.7 Å². The zero-order chi connectivity index (χ0) is 24.4. The van der Waals surface area contributed by atoms with Gasteiger partial charge >= 0.3 is 0 Å². The van der Waals surface area contributed by atoms with Crippen LogP contribution < -0.4 is 11.1 Å². The SMILES string of the molecule is Nc1cc(F)c(-c2ccccc2F)nc1C(=O)Nc1cnccc1[C@H]1C[C@@H](O)[C@H](O)[C@@H](CCl)O1. The average Bonchev–Trinajstić information content (AvgIpc) is 2.82. The minimum Gasteiger partial charge on any atom is -0.397 e. The fourth-order valence-electron chi connectivity index (χ4n) is 3.78. The van der Waals surface area contributed by atoms with Gasteiger partial charge in [-0.05, 0) is 18.2 Å². The van der Waals surface area contributed by atoms with E-state index >= 15 is 0 Å². The molecule has 5 N–H and O–H groups in total. The van der Waals surface area contributed by atoms with E-state index in [0.717, 1.165) is 12.1 Å². The van der Waals surface area contributed by atoms with E-state index in [2.05, 4.69) is 15.3 Å². The first kappa shape index (κ1) is 24.0. The number of anilines is 2. The molecule has 1 fully saturated rings. The van der Waals surface area contributed by atoms with Gasteiger partial charge in [0.1, 0.15) is 23.7 Å². The van der Waals surface area contributed by atoms with Crippen LogP contribution in [0.15, 0.2) is 48.8 Å². The summed E-state index contributed by atoms with van der Waals surface area (Å²) in [5.74, 6) is -2.41. The molecule has 1 amide bonds. The third kappa shape index (κ3) is 4.71. The zero-order valence-electron chi connectivity index (χ0n) is 17.7. The number of aromatic nitrogens is 2. The second kappa shape index (κ2) is 9.98. The lowest BCUT2D eigenvalue weighted by Crippen LogP contribution is -2.46. The summed E-state index contributed by atoms with van der Waals surface area (Å²) in [7, 11) is 0. The number of alkyl halides is 1. The predicted octanol–water partition coefficient (Wildman–Crippen LogP) is 3.05. The number of carbonyl (C=O) groups excluding carboxylic acids is 1. The zero-order valence-corrected chi connectivity index (χ0v) is 18.4. The van der Waals surface area contributed by atoms with Crippen LogP contribution in [0.25, 0.3) is 11.3 Å². The molecule has 4 rings (SSSR count). The molecule has 178 valence electrons. The van der Waals surface area contributed by atoms with Gasteiger partial charge in [0.15, 0.2) is 11.5 Å². The molecule has 2 aromatic heterocycles. The van der Waals surface area contributed by atoms with E-state index in [-0.39, 0.29) is 40.6 Å². The van der Waals surface area contributed by atoms with Gasteiger partial charge < -0.3 is 26.0 Å². The lowest BCUT2D eigenvalue weighted by Gasteiger charge is -2.37. The van der Waals surface area contributed by atoms with Crippen molar-refractivity contribution in [3.8, 4) is 11.3 Å². The van der Waals surface area contributed by atoms with Gasteiger partial charge in [-0.2, -0.15) is 0 Å². The highest BCUT2D eigenvalue weighted by molar-refractivity contribution is 6.18. The smallest absolute Gasteiger partial charge is 0.276 e. The van der Waals surface area contributed by atoms with E-state index in [1.807, 2.05) is 0 Å². The lowest BCUT2D eigenvalue weighted by molar-refractivity contribution is -0.162. The molecule has 11 heteroatoms. The van der Waals surface area contributed by atoms with Gasteiger partial charge in [-0.15, -0.1) is 11.6 Å². The Kier molecular flexibility index (Phi) is 7.03. The largest absolute Gasteiger partial charge is 0.397 e. The van der Waals surface area contributed by atoms with Crippen molar-refractivity contribution in [3.05, 3.63) is 71.7 Å². The quantitative estimate of drug-likeness (QED) is 0.404. The van der Waals surface area contributed by atoms with Gasteiger partial charge in [-0.3, -0.25) is 9.78 Å². The van der Waals surface area contributed by atoms with Crippen LogP contribution in [0.2, 0.25) is 0 Å². The topological polar surface area (TPSA) is 131 Å². The van der Waals surface area contributed by atoms with E-state index < -0.39 is 42.0 Å². The molecule has 0 unspecified atom stereocenters. The van der Waals surface area contributed by atoms with Crippen molar-refractivity contribution in [2.24, 2.45) is 0 Å². The molecule has 0 saturated carbocycles. The molecule has 1 saturated heterocycles. The van der Waals surface area contributed by atoms with Gasteiger partial charge in [-0.1, -0.05) is 12.1 Å². The molecule has 0 bridgehead atoms. The minimum atomic E-state index is -1.14. The van der Waals surface area contributed by atoms with E-state index in [1.54, 1.807) is 6.07 Å². The van der Waals surface area contributed by atoms with Crippen molar-refractivity contribution < 1.29 is 28.5 Å². The van der Waals surface area contributed by atoms with Crippen LogP contribution in [-0.2, 0) is 4.74 Å². The van der Waals surface area contributed by atoms with E-state index in [0.29, 0.717) is 5.56 Å². The Morgan fingerprint density at radius 3 is 2.74 bits per heavy atom. The highest BCUT2D eigenvalue weighted by Gasteiger charge is 2.37. The number of benzene rings is 1. The van der Waals surface area contributed by atoms with Crippen LogP contribution in [0, 0.1) is 11.6 Å². The van der Waals surface area contributed by atoms with Gasteiger partial charge in [0, 0.05) is 29.8 Å². The molecular formula is C23H21ClF2N4O4. The Morgan fingerprint density at radius 1 is 1.24 bits per heavy atom. The molecule has 1 aliphatic rings. The van der Waals surface area contributed by atoms with E-state index in [1.165, 1.54) is 30.6 Å². The van der Waals surface area contributed by atoms with Crippen LogP contribution in [0.5, 0.6) is 0 Å². The second-order valence-corrected chi connectivity index (χ2v) is 8.07. The Bertz CT molecular complexity index is 1220. The first-order valence-electron chi connectivity index (χ1n) is 10.3. The fourth-order valence-corrected chi connectivity index (χ4v) is 4.04. The number of hydrogen-bond donors (Lipinski definition) is 4. The van der Waals surface area contributed by atoms with Gasteiger partial charge in [-0.25, -0.2) is 13.8 Å². The summed E-state index contributed by atoms with van der Waals surface area (Å²) in [6, 6.07) is 7.94. The Hall–Kier alpha value is -3.18. The first-order valence-corrected chi connectivity index (χ1v) is 10.9. The Morgan fingerprint density at radius 2 is 2.00 bits per heavy atom. The van der Waals surface area contributed by atoms with Crippen molar-refractivity contribution in [3.63, 3.8) is 0 Å². The van der Waals surface area contributed by atoms with Crippen molar-refractivity contribution >= 4 is 28.9 Å². The molecule has 8 nitrogen and oxygen atoms in total. The number of carbonyl (C=O) groups is 1. The fraction of sp³-hybridized carbons (Fsp3) is 0.261. The summed E-state index contributed by atoms with van der Waals surface area (Å²) < 4.78 is 34.5. The maximum absolute atomic E-state index is 14.5.